The number of nitrogens with zero attached hydrogens (tertiary/aromatic N) is 8. The highest BCUT2D eigenvalue weighted by molar-refractivity contribution is 5.77. The van der Waals surface area contributed by atoms with Crippen LogP contribution in [0, 0.1) is 5.92 Å². The van der Waals surface area contributed by atoms with Gasteiger partial charge in [-0.1, -0.05) is 5.21 Å². The van der Waals surface area contributed by atoms with Gasteiger partial charge in [0.15, 0.2) is 11.2 Å². The van der Waals surface area contributed by atoms with Gasteiger partial charge in [0.1, 0.15) is 0 Å². The van der Waals surface area contributed by atoms with Gasteiger partial charge < -0.3 is 15.8 Å². The van der Waals surface area contributed by atoms with E-state index in [0.29, 0.717) is 43.3 Å². The molecule has 176 valence electrons. The van der Waals surface area contributed by atoms with Gasteiger partial charge in [-0.2, -0.15) is 14.8 Å². The number of nitrogens with one attached hydrogen (secondary N) is 1. The molecule has 0 bridgehead atoms. The average molecular weight is 463 g/mol. The van der Waals surface area contributed by atoms with Gasteiger partial charge in [-0.15, -0.1) is 5.10 Å². The van der Waals surface area contributed by atoms with Crippen molar-refractivity contribution in [1.82, 2.24) is 39.7 Å². The quantitative estimate of drug-likeness (QED) is 0.353. The molecular formula is C22H26N10O2. The summed E-state index contributed by atoms with van der Waals surface area (Å²) >= 11 is 0. The number of pyridine rings is 1. The lowest BCUT2D eigenvalue weighted by Gasteiger charge is -2.12. The molecule has 1 aliphatic rings. The first-order chi connectivity index (χ1) is 16.6. The molecule has 2 atom stereocenters. The number of anilines is 1. The lowest BCUT2D eigenvalue weighted by molar-refractivity contribution is -0.121. The standard InChI is InChI=1S/C22H26N10O2/c1-2-34-8-7-31-13-15(10-26-31)18-6-5-17(11-24-18)32-21-19(29-30-32)12-25-22(28-21)27-16-4-3-14(9-16)20(23)33/h5-6,10-14,16H,2-4,7-9H2,1H3,(H2,23,33)(H,25,27,28)/t14-,16-/m1/s1. The van der Waals surface area contributed by atoms with Crippen LogP contribution in [0.25, 0.3) is 28.1 Å². The maximum absolute atomic E-state index is 11.4. The molecule has 12 heteroatoms. The van der Waals surface area contributed by atoms with Gasteiger partial charge in [0.05, 0.1) is 43.1 Å². The number of hydrogen-bond donors (Lipinski definition) is 2. The summed E-state index contributed by atoms with van der Waals surface area (Å²) in [4.78, 5) is 25.0. The zero-order valence-electron chi connectivity index (χ0n) is 18.8. The van der Waals surface area contributed by atoms with E-state index in [1.54, 1.807) is 23.3 Å². The summed E-state index contributed by atoms with van der Waals surface area (Å²) < 4.78 is 8.85. The van der Waals surface area contributed by atoms with E-state index in [-0.39, 0.29) is 17.9 Å². The average Bonchev–Trinajstić information content (AvgIpc) is 3.59. The molecule has 34 heavy (non-hydrogen) atoms. The highest BCUT2D eigenvalue weighted by Crippen LogP contribution is 2.27. The molecule has 1 amide bonds. The Bertz CT molecular complexity index is 1280. The highest BCUT2D eigenvalue weighted by atomic mass is 16.5. The Hall–Kier alpha value is -3.93. The molecular weight excluding hydrogens is 436 g/mol. The van der Waals surface area contributed by atoms with E-state index in [2.05, 4.69) is 35.7 Å². The van der Waals surface area contributed by atoms with Crippen LogP contribution in [0.1, 0.15) is 26.2 Å². The minimum absolute atomic E-state index is 0.102. The molecule has 0 aliphatic heterocycles. The van der Waals surface area contributed by atoms with Gasteiger partial charge in [-0.3, -0.25) is 14.5 Å². The molecule has 4 aromatic heterocycles. The fourth-order valence-corrected chi connectivity index (χ4v) is 4.13. The second-order valence-electron chi connectivity index (χ2n) is 8.25. The van der Waals surface area contributed by atoms with E-state index in [1.165, 1.54) is 0 Å². The smallest absolute Gasteiger partial charge is 0.225 e. The lowest BCUT2D eigenvalue weighted by Crippen LogP contribution is -2.23. The Balaban J connectivity index is 1.32. The normalized spacial score (nSPS) is 17.9. The van der Waals surface area contributed by atoms with E-state index in [0.717, 1.165) is 29.8 Å². The van der Waals surface area contributed by atoms with Gasteiger partial charge in [0.25, 0.3) is 0 Å². The van der Waals surface area contributed by atoms with Crippen LogP contribution in [-0.2, 0) is 16.1 Å². The van der Waals surface area contributed by atoms with Crippen molar-refractivity contribution in [2.24, 2.45) is 11.7 Å². The summed E-state index contributed by atoms with van der Waals surface area (Å²) in [5, 5.41) is 16.1. The van der Waals surface area contributed by atoms with E-state index < -0.39 is 0 Å². The third-order valence-corrected chi connectivity index (χ3v) is 5.95. The first kappa shape index (κ1) is 21.9. The molecule has 1 fully saturated rings. The molecule has 12 nitrogen and oxygen atoms in total. The Morgan fingerprint density at radius 2 is 2.15 bits per heavy atom. The lowest BCUT2D eigenvalue weighted by atomic mass is 10.1. The molecule has 3 N–H and O–H groups in total. The molecule has 1 aliphatic carbocycles. The van der Waals surface area contributed by atoms with Gasteiger partial charge in [-0.05, 0) is 38.3 Å². The predicted octanol–water partition coefficient (Wildman–Crippen LogP) is 1.57. The number of nitrogens with two attached hydrogens (primary N) is 1. The maximum Gasteiger partial charge on any atom is 0.225 e. The summed E-state index contributed by atoms with van der Waals surface area (Å²) in [5.41, 5.74) is 9.04. The maximum atomic E-state index is 11.4. The van der Waals surface area contributed by atoms with Crippen LogP contribution in [0.2, 0.25) is 0 Å². The first-order valence-corrected chi connectivity index (χ1v) is 11.3. The monoisotopic (exact) mass is 462 g/mol. The van der Waals surface area contributed by atoms with Crippen LogP contribution in [-0.4, -0.2) is 64.9 Å². The van der Waals surface area contributed by atoms with Crippen molar-refractivity contribution in [1.29, 1.82) is 0 Å². The number of fused-ring (bicyclic) bond motifs is 1. The number of primary amides is 1. The van der Waals surface area contributed by atoms with Crippen molar-refractivity contribution in [3.8, 4) is 16.9 Å². The van der Waals surface area contributed by atoms with Gasteiger partial charge >= 0.3 is 0 Å². The molecule has 0 radical (unpaired) electrons. The van der Waals surface area contributed by atoms with Crippen molar-refractivity contribution in [2.45, 2.75) is 38.8 Å². The van der Waals surface area contributed by atoms with Crippen molar-refractivity contribution in [3.63, 3.8) is 0 Å². The minimum atomic E-state index is -0.253. The number of ether oxygens (including phenoxy) is 1. The summed E-state index contributed by atoms with van der Waals surface area (Å²) in [6, 6.07) is 3.93. The van der Waals surface area contributed by atoms with Gasteiger partial charge in [0, 0.05) is 30.3 Å². The summed E-state index contributed by atoms with van der Waals surface area (Å²) in [7, 11) is 0. The molecule has 4 aromatic rings. The topological polar surface area (TPSA) is 152 Å². The zero-order chi connectivity index (χ0) is 23.5. The minimum Gasteiger partial charge on any atom is -0.380 e. The number of carbonyl (C=O) groups is 1. The second kappa shape index (κ2) is 9.51. The third kappa shape index (κ3) is 4.57. The molecule has 5 rings (SSSR count). The first-order valence-electron chi connectivity index (χ1n) is 11.3. The summed E-state index contributed by atoms with van der Waals surface area (Å²) in [6.07, 6.45) is 9.40. The third-order valence-electron chi connectivity index (χ3n) is 5.95. The van der Waals surface area contributed by atoms with Crippen LogP contribution in [0.4, 0.5) is 5.95 Å². The molecule has 4 heterocycles. The molecule has 0 spiro atoms. The number of amides is 1. The largest absolute Gasteiger partial charge is 0.380 e. The molecule has 0 unspecified atom stereocenters. The van der Waals surface area contributed by atoms with Crippen molar-refractivity contribution in [2.75, 3.05) is 18.5 Å². The molecule has 0 aromatic carbocycles. The number of hydrogen-bond acceptors (Lipinski definition) is 9. The van der Waals surface area contributed by atoms with E-state index in [4.69, 9.17) is 10.5 Å². The van der Waals surface area contributed by atoms with Crippen LogP contribution in [0.5, 0.6) is 0 Å². The van der Waals surface area contributed by atoms with E-state index in [9.17, 15) is 4.79 Å². The summed E-state index contributed by atoms with van der Waals surface area (Å²) in [5.74, 6) is 0.113. The number of carbonyl (C=O) groups excluding carboxylic acids is 1. The van der Waals surface area contributed by atoms with Crippen molar-refractivity contribution in [3.05, 3.63) is 36.9 Å². The second-order valence-corrected chi connectivity index (χ2v) is 8.25. The van der Waals surface area contributed by atoms with Gasteiger partial charge in [-0.25, -0.2) is 4.98 Å². The fourth-order valence-electron chi connectivity index (χ4n) is 4.13. The van der Waals surface area contributed by atoms with E-state index in [1.807, 2.05) is 29.9 Å². The predicted molar refractivity (Wildman–Crippen MR) is 124 cm³/mol. The van der Waals surface area contributed by atoms with Crippen LogP contribution < -0.4 is 11.1 Å². The highest BCUT2D eigenvalue weighted by Gasteiger charge is 2.29. The van der Waals surface area contributed by atoms with Crippen LogP contribution in [0.15, 0.2) is 36.9 Å². The Labute approximate surface area is 195 Å². The van der Waals surface area contributed by atoms with Crippen molar-refractivity contribution < 1.29 is 9.53 Å². The molecule has 1 saturated carbocycles. The van der Waals surface area contributed by atoms with E-state index >= 15 is 0 Å². The van der Waals surface area contributed by atoms with Crippen LogP contribution in [0.3, 0.4) is 0 Å². The Morgan fingerprint density at radius 3 is 2.91 bits per heavy atom. The zero-order valence-corrected chi connectivity index (χ0v) is 18.8. The Kier molecular flexibility index (Phi) is 6.12. The molecule has 0 saturated heterocycles. The Morgan fingerprint density at radius 1 is 1.24 bits per heavy atom. The SMILES string of the molecule is CCOCCn1cc(-c2ccc(-n3nnc4cnc(N[C@@H]5CC[C@@H](C(N)=O)C5)nc43)cn2)cn1. The number of rotatable bonds is 9. The van der Waals surface area contributed by atoms with Crippen molar-refractivity contribution >= 4 is 23.0 Å². The number of aromatic nitrogens is 8. The van der Waals surface area contributed by atoms with Gasteiger partial charge in [0.2, 0.25) is 11.9 Å². The summed E-state index contributed by atoms with van der Waals surface area (Å²) in [6.45, 7) is 3.97. The fraction of sp³-hybridized carbons (Fsp3) is 0.409. The van der Waals surface area contributed by atoms with Crippen LogP contribution >= 0.6 is 0 Å².